The van der Waals surface area contributed by atoms with Crippen molar-refractivity contribution in [3.05, 3.63) is 70.3 Å². The van der Waals surface area contributed by atoms with Crippen LogP contribution in [-0.2, 0) is 19.2 Å². The van der Waals surface area contributed by atoms with Crippen molar-refractivity contribution in [2.24, 2.45) is 23.5 Å². The van der Waals surface area contributed by atoms with Crippen LogP contribution in [-0.4, -0.2) is 49.4 Å². The molecule has 2 aliphatic heterocycles. The number of carbonyl (C=O) groups is 5. The number of rotatable bonds is 2. The number of nitrogens with zero attached hydrogens (tertiary/aromatic N) is 2. The number of alkyl halides is 2. The number of halogens is 8. The second-order valence-electron chi connectivity index (χ2n) is 10.7. The van der Waals surface area contributed by atoms with E-state index in [0.717, 1.165) is 18.2 Å². The van der Waals surface area contributed by atoms with Gasteiger partial charge in [-0.25, -0.2) is 36.0 Å². The van der Waals surface area contributed by atoms with E-state index in [2.05, 4.69) is 0 Å². The summed E-state index contributed by atoms with van der Waals surface area (Å²) in [6.45, 7) is 0. The molecule has 0 spiro atoms. The van der Waals surface area contributed by atoms with Gasteiger partial charge in [0, 0.05) is 11.5 Å². The molecule has 3 fully saturated rings. The van der Waals surface area contributed by atoms with E-state index >= 15 is 0 Å². The molecule has 4 aliphatic rings. The lowest BCUT2D eigenvalue weighted by Gasteiger charge is -2.50. The van der Waals surface area contributed by atoms with Crippen molar-refractivity contribution in [3.8, 4) is 5.75 Å². The monoisotopic (exact) mass is 661 g/mol. The molecule has 6 amide bonds. The minimum absolute atomic E-state index is 0.0497. The van der Waals surface area contributed by atoms with Gasteiger partial charge in [0.25, 0.3) is 11.8 Å². The second-order valence-corrected chi connectivity index (χ2v) is 12.0. The summed E-state index contributed by atoms with van der Waals surface area (Å²) < 4.78 is 86.8. The molecule has 2 saturated heterocycles. The fourth-order valence-corrected chi connectivity index (χ4v) is 7.82. The van der Waals surface area contributed by atoms with Gasteiger partial charge in [0.15, 0.2) is 44.6 Å². The third kappa shape index (κ3) is 3.41. The Morgan fingerprint density at radius 1 is 0.886 bits per heavy atom. The molecule has 2 aromatic rings. The van der Waals surface area contributed by atoms with Gasteiger partial charge >= 0.3 is 6.03 Å². The lowest BCUT2D eigenvalue weighted by atomic mass is 9.56. The number of urea groups is 1. The molecule has 6 unspecified atom stereocenters. The van der Waals surface area contributed by atoms with Crippen LogP contribution >= 0.6 is 23.2 Å². The number of likely N-dealkylation sites (tertiary alicyclic amines) is 1. The molecule has 0 bridgehead atoms. The van der Waals surface area contributed by atoms with Crippen LogP contribution in [0.5, 0.6) is 5.75 Å². The number of benzene rings is 2. The van der Waals surface area contributed by atoms with Crippen LogP contribution in [0.15, 0.2) is 29.8 Å². The number of fused-ring (bicyclic) bond motifs is 4. The molecule has 6 rings (SSSR count). The van der Waals surface area contributed by atoms with E-state index in [1.165, 1.54) is 6.08 Å². The summed E-state index contributed by atoms with van der Waals surface area (Å²) in [6.07, 6.45) is 0.179. The summed E-state index contributed by atoms with van der Waals surface area (Å²) in [5.74, 6) is -26.7. The van der Waals surface area contributed by atoms with Gasteiger partial charge in [-0.05, 0) is 24.8 Å². The topological polar surface area (TPSA) is 138 Å². The number of para-hydroxylation sites is 1. The molecule has 230 valence electrons. The zero-order chi connectivity index (χ0) is 32.4. The van der Waals surface area contributed by atoms with Gasteiger partial charge in [0.2, 0.25) is 17.6 Å². The minimum Gasteiger partial charge on any atom is -0.505 e. The van der Waals surface area contributed by atoms with E-state index in [4.69, 9.17) is 28.9 Å². The number of hydrogen-bond donors (Lipinski definition) is 2. The van der Waals surface area contributed by atoms with Crippen molar-refractivity contribution in [1.82, 2.24) is 4.90 Å². The molecule has 17 heteroatoms. The number of amides is 6. The summed E-state index contributed by atoms with van der Waals surface area (Å²) in [5.41, 5.74) is 2.68. The Morgan fingerprint density at radius 3 is 2.07 bits per heavy atom. The van der Waals surface area contributed by atoms with Crippen molar-refractivity contribution in [2.75, 3.05) is 4.90 Å². The number of aromatic hydroxyl groups is 1. The molecule has 2 heterocycles. The lowest BCUT2D eigenvalue weighted by Crippen LogP contribution is -2.60. The number of nitrogens with two attached hydrogens (primary N) is 1. The smallest absolute Gasteiger partial charge is 0.328 e. The standard InChI is InChI=1S/C27H15Cl2F6N3O6/c28-26-6-10-7(4-5-8-12(10)22(41)38(21(8)40)25(36)44)13(9-2-1-3-11(30)20(9)39)27(26,29)24(43)37(23(26)42)19-17(34)15(32)14(31)16(33)18(19)35/h1-4,8,10,12-13,39H,5-6H2,(H2,36,44). The van der Waals surface area contributed by atoms with E-state index in [1.54, 1.807) is 0 Å². The molecule has 2 aromatic carbocycles. The predicted molar refractivity (Wildman–Crippen MR) is 136 cm³/mol. The van der Waals surface area contributed by atoms with Gasteiger partial charge < -0.3 is 10.8 Å². The fourth-order valence-electron chi connectivity index (χ4n) is 6.89. The molecular formula is C27H15Cl2F6N3O6. The van der Waals surface area contributed by atoms with Crippen LogP contribution in [0.25, 0.3) is 0 Å². The van der Waals surface area contributed by atoms with Gasteiger partial charge in [-0.15, -0.1) is 23.2 Å². The highest BCUT2D eigenvalue weighted by molar-refractivity contribution is 6.58. The highest BCUT2D eigenvalue weighted by Gasteiger charge is 2.77. The number of allylic oxidation sites excluding steroid dienone is 2. The van der Waals surface area contributed by atoms with Gasteiger partial charge in [-0.3, -0.25) is 19.2 Å². The van der Waals surface area contributed by atoms with E-state index in [0.29, 0.717) is 0 Å². The Bertz CT molecular complexity index is 1780. The fraction of sp³-hybridized carbons (Fsp3) is 0.296. The summed E-state index contributed by atoms with van der Waals surface area (Å²) in [4.78, 5) is 60.1. The zero-order valence-corrected chi connectivity index (χ0v) is 23.0. The quantitative estimate of drug-likeness (QED) is 0.125. The first-order valence-corrected chi connectivity index (χ1v) is 13.4. The molecule has 9 nitrogen and oxygen atoms in total. The van der Waals surface area contributed by atoms with Crippen LogP contribution in [0.1, 0.15) is 24.3 Å². The number of phenolic OH excluding ortho intramolecular Hbond substituents is 1. The third-order valence-corrected chi connectivity index (χ3v) is 10.2. The maximum absolute atomic E-state index is 15.0. The number of phenols is 1. The zero-order valence-electron chi connectivity index (χ0n) is 21.5. The number of imide groups is 4. The highest BCUT2D eigenvalue weighted by atomic mass is 35.5. The van der Waals surface area contributed by atoms with E-state index in [1.807, 2.05) is 0 Å². The third-order valence-electron chi connectivity index (χ3n) is 8.77. The number of primary amides is 1. The summed E-state index contributed by atoms with van der Waals surface area (Å²) >= 11 is 13.7. The number of anilines is 1. The van der Waals surface area contributed by atoms with Gasteiger partial charge in [-0.1, -0.05) is 23.8 Å². The first kappa shape index (κ1) is 29.9. The van der Waals surface area contributed by atoms with Crippen LogP contribution < -0.4 is 10.6 Å². The molecule has 0 radical (unpaired) electrons. The lowest BCUT2D eigenvalue weighted by molar-refractivity contribution is -0.136. The highest BCUT2D eigenvalue weighted by Crippen LogP contribution is 2.66. The van der Waals surface area contributed by atoms with Crippen molar-refractivity contribution in [1.29, 1.82) is 0 Å². The van der Waals surface area contributed by atoms with Crippen molar-refractivity contribution < 1.29 is 55.4 Å². The van der Waals surface area contributed by atoms with Gasteiger partial charge in [0.05, 0.1) is 11.8 Å². The molecule has 2 aliphatic carbocycles. The Balaban J connectivity index is 1.62. The molecule has 3 N–H and O–H groups in total. The van der Waals surface area contributed by atoms with E-state index in [-0.39, 0.29) is 16.9 Å². The van der Waals surface area contributed by atoms with E-state index in [9.17, 15) is 55.4 Å². The van der Waals surface area contributed by atoms with Crippen molar-refractivity contribution >= 4 is 58.5 Å². The Morgan fingerprint density at radius 2 is 1.48 bits per heavy atom. The first-order chi connectivity index (χ1) is 20.5. The Hall–Kier alpha value is -4.11. The van der Waals surface area contributed by atoms with E-state index < -0.39 is 126 Å². The average Bonchev–Trinajstić information content (AvgIpc) is 3.31. The second kappa shape index (κ2) is 9.44. The summed E-state index contributed by atoms with van der Waals surface area (Å²) in [5, 5.41) is 10.7. The maximum Gasteiger partial charge on any atom is 0.328 e. The molecule has 6 atom stereocenters. The average molecular weight is 662 g/mol. The van der Waals surface area contributed by atoms with Gasteiger partial charge in [0.1, 0.15) is 5.69 Å². The van der Waals surface area contributed by atoms with Crippen LogP contribution in [0.2, 0.25) is 0 Å². The maximum atomic E-state index is 15.0. The Labute approximate surface area is 251 Å². The predicted octanol–water partition coefficient (Wildman–Crippen LogP) is 3.87. The molecular weight excluding hydrogens is 647 g/mol. The molecule has 1 saturated carbocycles. The van der Waals surface area contributed by atoms with Crippen molar-refractivity contribution in [2.45, 2.75) is 28.5 Å². The normalized spacial score (nSPS) is 31.2. The summed E-state index contributed by atoms with van der Waals surface area (Å²) in [6, 6.07) is 1.53. The van der Waals surface area contributed by atoms with Crippen LogP contribution in [0.4, 0.5) is 36.8 Å². The van der Waals surface area contributed by atoms with Crippen LogP contribution in [0.3, 0.4) is 0 Å². The Kier molecular flexibility index (Phi) is 6.43. The molecule has 44 heavy (non-hydrogen) atoms. The minimum atomic E-state index is -2.94. The van der Waals surface area contributed by atoms with Gasteiger partial charge in [-0.2, -0.15) is 4.90 Å². The first-order valence-electron chi connectivity index (χ1n) is 12.6. The molecule has 0 aromatic heterocycles. The number of carbonyl (C=O) groups excluding carboxylic acids is 5. The van der Waals surface area contributed by atoms with Crippen LogP contribution in [0, 0.1) is 52.7 Å². The summed E-state index contributed by atoms with van der Waals surface area (Å²) in [7, 11) is 0. The van der Waals surface area contributed by atoms with Crippen molar-refractivity contribution in [3.63, 3.8) is 0 Å². The largest absolute Gasteiger partial charge is 0.505 e. The number of hydrogen-bond acceptors (Lipinski definition) is 6. The SMILES string of the molecule is NC(=O)N1C(=O)C2CC=C3C(CC4(Cl)C(=O)N(c5c(F)c(F)c(F)c(F)c5F)C(=O)C4(Cl)C3c3cccc(F)c3O)C2C1=O.